The minimum Gasteiger partial charge on any atom is -0.465 e. The maximum atomic E-state index is 12.5. The van der Waals surface area contributed by atoms with E-state index in [-0.39, 0.29) is 22.1 Å². The van der Waals surface area contributed by atoms with Gasteiger partial charge in [0.25, 0.3) is 15.9 Å². The molecule has 0 aliphatic heterocycles. The van der Waals surface area contributed by atoms with Gasteiger partial charge in [-0.1, -0.05) is 13.0 Å². The Kier molecular flexibility index (Phi) is 6.35. The van der Waals surface area contributed by atoms with Gasteiger partial charge in [0.15, 0.2) is 0 Å². The first-order valence-electron chi connectivity index (χ1n) is 7.97. The molecule has 0 atom stereocenters. The number of carbonyl (C=O) groups excluding carboxylic acids is 2. The van der Waals surface area contributed by atoms with E-state index in [9.17, 15) is 18.0 Å². The zero-order chi connectivity index (χ0) is 19.2. The summed E-state index contributed by atoms with van der Waals surface area (Å²) in [7, 11) is -2.61. The molecule has 2 aromatic carbocycles. The molecule has 0 aromatic heterocycles. The number of hydrogen-bond donors (Lipinski definition) is 2. The van der Waals surface area contributed by atoms with Crippen molar-refractivity contribution >= 4 is 27.6 Å². The van der Waals surface area contributed by atoms with Crippen molar-refractivity contribution in [1.29, 1.82) is 0 Å². The first-order chi connectivity index (χ1) is 12.4. The molecule has 2 aromatic rings. The smallest absolute Gasteiger partial charge is 0.337 e. The number of methoxy groups -OCH3 is 1. The average molecular weight is 376 g/mol. The molecule has 26 heavy (non-hydrogen) atoms. The molecule has 2 N–H and O–H groups in total. The lowest BCUT2D eigenvalue weighted by molar-refractivity contribution is 0.0600. The van der Waals surface area contributed by atoms with Crippen molar-refractivity contribution in [3.8, 4) is 0 Å². The topological polar surface area (TPSA) is 102 Å². The maximum Gasteiger partial charge on any atom is 0.337 e. The van der Waals surface area contributed by atoms with E-state index in [2.05, 4.69) is 14.8 Å². The molecule has 138 valence electrons. The van der Waals surface area contributed by atoms with Crippen LogP contribution in [0.4, 0.5) is 5.69 Å². The summed E-state index contributed by atoms with van der Waals surface area (Å²) in [5.41, 5.74) is 0.846. The van der Waals surface area contributed by atoms with Gasteiger partial charge < -0.3 is 10.1 Å². The monoisotopic (exact) mass is 376 g/mol. The van der Waals surface area contributed by atoms with E-state index in [0.29, 0.717) is 12.1 Å². The Balaban J connectivity index is 2.17. The van der Waals surface area contributed by atoms with Crippen LogP contribution < -0.4 is 10.0 Å². The van der Waals surface area contributed by atoms with Crippen LogP contribution in [-0.2, 0) is 14.8 Å². The summed E-state index contributed by atoms with van der Waals surface area (Å²) >= 11 is 0. The minimum absolute atomic E-state index is 0.00742. The Morgan fingerprint density at radius 2 is 1.73 bits per heavy atom. The van der Waals surface area contributed by atoms with E-state index in [4.69, 9.17) is 0 Å². The standard InChI is InChI=1S/C18H20N2O5S/c1-3-11-19-17(21)13-7-9-16(10-8-13)26(23,24)20-15-6-4-5-14(12-15)18(22)25-2/h4-10,12,20H,3,11H2,1-2H3,(H,19,21). The van der Waals surface area contributed by atoms with Crippen LogP contribution in [0.3, 0.4) is 0 Å². The number of amides is 1. The van der Waals surface area contributed by atoms with Crippen molar-refractivity contribution in [2.24, 2.45) is 0 Å². The molecule has 1 amide bonds. The molecule has 0 saturated heterocycles. The van der Waals surface area contributed by atoms with E-state index in [1.54, 1.807) is 6.07 Å². The van der Waals surface area contributed by atoms with Crippen molar-refractivity contribution in [2.75, 3.05) is 18.4 Å². The Morgan fingerprint density at radius 3 is 2.35 bits per heavy atom. The number of esters is 1. The fraction of sp³-hybridized carbons (Fsp3) is 0.222. The molecule has 0 aliphatic rings. The molecular weight excluding hydrogens is 356 g/mol. The Bertz CT molecular complexity index is 892. The van der Waals surface area contributed by atoms with Crippen LogP contribution in [0.5, 0.6) is 0 Å². The van der Waals surface area contributed by atoms with Crippen LogP contribution in [0.2, 0.25) is 0 Å². The quantitative estimate of drug-likeness (QED) is 0.723. The first-order valence-corrected chi connectivity index (χ1v) is 9.45. The highest BCUT2D eigenvalue weighted by Crippen LogP contribution is 2.18. The zero-order valence-corrected chi connectivity index (χ0v) is 15.3. The van der Waals surface area contributed by atoms with Gasteiger partial charge in [-0.3, -0.25) is 9.52 Å². The van der Waals surface area contributed by atoms with Crippen molar-refractivity contribution < 1.29 is 22.7 Å². The lowest BCUT2D eigenvalue weighted by atomic mass is 10.2. The van der Waals surface area contributed by atoms with Gasteiger partial charge in [0.05, 0.1) is 17.6 Å². The number of rotatable bonds is 7. The number of nitrogens with one attached hydrogen (secondary N) is 2. The Hall–Kier alpha value is -2.87. The third-order valence-electron chi connectivity index (χ3n) is 3.50. The maximum absolute atomic E-state index is 12.5. The number of ether oxygens (including phenoxy) is 1. The number of benzene rings is 2. The van der Waals surface area contributed by atoms with Crippen molar-refractivity contribution in [3.05, 3.63) is 59.7 Å². The number of carbonyl (C=O) groups is 2. The molecule has 7 nitrogen and oxygen atoms in total. The summed E-state index contributed by atoms with van der Waals surface area (Å²) in [6.45, 7) is 2.49. The highest BCUT2D eigenvalue weighted by atomic mass is 32.2. The largest absolute Gasteiger partial charge is 0.465 e. The first kappa shape index (κ1) is 19.5. The Labute approximate surface area is 152 Å². The number of anilines is 1. The van der Waals surface area contributed by atoms with Gasteiger partial charge in [-0.05, 0) is 48.9 Å². The molecule has 0 heterocycles. The zero-order valence-electron chi connectivity index (χ0n) is 14.5. The minimum atomic E-state index is -3.86. The normalized spacial score (nSPS) is 10.8. The third kappa shape index (κ3) is 4.82. The highest BCUT2D eigenvalue weighted by Gasteiger charge is 2.16. The molecule has 0 aliphatic carbocycles. The summed E-state index contributed by atoms with van der Waals surface area (Å²) < 4.78 is 32.0. The van der Waals surface area contributed by atoms with Crippen LogP contribution in [-0.4, -0.2) is 33.9 Å². The summed E-state index contributed by atoms with van der Waals surface area (Å²) in [6, 6.07) is 11.6. The molecule has 0 bridgehead atoms. The lowest BCUT2D eigenvalue weighted by Gasteiger charge is -2.10. The van der Waals surface area contributed by atoms with E-state index in [0.717, 1.165) is 6.42 Å². The second-order valence-electron chi connectivity index (χ2n) is 5.46. The number of hydrogen-bond acceptors (Lipinski definition) is 5. The van der Waals surface area contributed by atoms with Crippen LogP contribution >= 0.6 is 0 Å². The van der Waals surface area contributed by atoms with Gasteiger partial charge >= 0.3 is 5.97 Å². The van der Waals surface area contributed by atoms with Gasteiger partial charge in [0, 0.05) is 17.8 Å². The van der Waals surface area contributed by atoms with E-state index >= 15 is 0 Å². The summed E-state index contributed by atoms with van der Waals surface area (Å²) in [4.78, 5) is 23.4. The number of sulfonamides is 1. The molecule has 0 radical (unpaired) electrons. The van der Waals surface area contributed by atoms with Gasteiger partial charge in [-0.2, -0.15) is 0 Å². The molecule has 8 heteroatoms. The van der Waals surface area contributed by atoms with Gasteiger partial charge in [-0.15, -0.1) is 0 Å². The molecule has 0 spiro atoms. The van der Waals surface area contributed by atoms with Crippen LogP contribution in [0.25, 0.3) is 0 Å². The summed E-state index contributed by atoms with van der Waals surface area (Å²) in [6.07, 6.45) is 0.812. The van der Waals surface area contributed by atoms with Crippen molar-refractivity contribution in [1.82, 2.24) is 5.32 Å². The predicted molar refractivity (Wildman–Crippen MR) is 97.7 cm³/mol. The van der Waals surface area contributed by atoms with Gasteiger partial charge in [0.2, 0.25) is 0 Å². The lowest BCUT2D eigenvalue weighted by Crippen LogP contribution is -2.24. The molecule has 0 fully saturated rings. The van der Waals surface area contributed by atoms with Gasteiger partial charge in [-0.25, -0.2) is 13.2 Å². The van der Waals surface area contributed by atoms with E-state index in [1.807, 2.05) is 6.92 Å². The summed E-state index contributed by atoms with van der Waals surface area (Å²) in [5, 5.41) is 2.72. The SMILES string of the molecule is CCCNC(=O)c1ccc(S(=O)(=O)Nc2cccc(C(=O)OC)c2)cc1. The van der Waals surface area contributed by atoms with E-state index < -0.39 is 16.0 Å². The summed E-state index contributed by atoms with van der Waals surface area (Å²) in [5.74, 6) is -0.817. The molecule has 0 unspecified atom stereocenters. The third-order valence-corrected chi connectivity index (χ3v) is 4.90. The molecular formula is C18H20N2O5S. The molecule has 2 rings (SSSR count). The Morgan fingerprint density at radius 1 is 1.04 bits per heavy atom. The van der Waals surface area contributed by atoms with Crippen LogP contribution in [0.15, 0.2) is 53.4 Å². The second-order valence-corrected chi connectivity index (χ2v) is 7.14. The van der Waals surface area contributed by atoms with Crippen LogP contribution in [0.1, 0.15) is 34.1 Å². The highest BCUT2D eigenvalue weighted by molar-refractivity contribution is 7.92. The fourth-order valence-electron chi connectivity index (χ4n) is 2.17. The van der Waals surface area contributed by atoms with Crippen molar-refractivity contribution in [3.63, 3.8) is 0 Å². The van der Waals surface area contributed by atoms with Gasteiger partial charge in [0.1, 0.15) is 0 Å². The average Bonchev–Trinajstić information content (AvgIpc) is 2.65. The van der Waals surface area contributed by atoms with E-state index in [1.165, 1.54) is 49.6 Å². The van der Waals surface area contributed by atoms with Crippen molar-refractivity contribution in [2.45, 2.75) is 18.2 Å². The predicted octanol–water partition coefficient (Wildman–Crippen LogP) is 2.41. The van der Waals surface area contributed by atoms with Crippen LogP contribution in [0, 0.1) is 0 Å². The second kappa shape index (κ2) is 8.48. The fourth-order valence-corrected chi connectivity index (χ4v) is 3.22. The molecule has 0 saturated carbocycles.